The summed E-state index contributed by atoms with van der Waals surface area (Å²) in [6, 6.07) is 0. The van der Waals surface area contributed by atoms with Crippen molar-refractivity contribution in [2.75, 3.05) is 0 Å². The van der Waals surface area contributed by atoms with Crippen molar-refractivity contribution < 1.29 is 0 Å². The summed E-state index contributed by atoms with van der Waals surface area (Å²) in [5, 5.41) is 0. The standard InChI is InChI=1S/3C4H10.C4H8.Sn/c4*1-3-4-2;/h3*3-4H2,1-2H3;3H,1,4H2,2H3;. The van der Waals surface area contributed by atoms with Crippen molar-refractivity contribution in [1.29, 1.82) is 0 Å². The molecular weight excluding hydrogens is 311 g/mol. The molecule has 0 bridgehead atoms. The van der Waals surface area contributed by atoms with Crippen molar-refractivity contribution in [3.8, 4) is 0 Å². The first-order valence-corrected chi connectivity index (χ1v) is 7.27. The van der Waals surface area contributed by atoms with Gasteiger partial charge in [0.2, 0.25) is 0 Å². The summed E-state index contributed by atoms with van der Waals surface area (Å²) in [5.41, 5.74) is 0. The fourth-order valence-corrected chi connectivity index (χ4v) is 0. The maximum absolute atomic E-state index is 3.48. The van der Waals surface area contributed by atoms with Gasteiger partial charge in [-0.05, 0) is 6.42 Å². The van der Waals surface area contributed by atoms with E-state index in [1.54, 1.807) is 0 Å². The van der Waals surface area contributed by atoms with Crippen LogP contribution < -0.4 is 0 Å². The summed E-state index contributed by atoms with van der Waals surface area (Å²) >= 11 is 0. The van der Waals surface area contributed by atoms with E-state index in [0.717, 1.165) is 6.42 Å². The molecule has 0 aliphatic carbocycles. The summed E-state index contributed by atoms with van der Waals surface area (Å²) in [6.45, 7) is 18.6. The van der Waals surface area contributed by atoms with Crippen LogP contribution in [0.4, 0.5) is 0 Å². The first kappa shape index (κ1) is 30.5. The van der Waals surface area contributed by atoms with Gasteiger partial charge in [-0.1, -0.05) is 93.1 Å². The number of unbranched alkanes of at least 4 members (excludes halogenated alkanes) is 3. The molecule has 0 aliphatic rings. The molecule has 0 spiro atoms. The number of hydrogen-bond acceptors (Lipinski definition) is 0. The molecular formula is C16H38Sn. The van der Waals surface area contributed by atoms with Gasteiger partial charge in [-0.3, -0.25) is 0 Å². The van der Waals surface area contributed by atoms with Crippen LogP contribution in [0.25, 0.3) is 0 Å². The maximum Gasteiger partial charge on any atom is 0 e. The summed E-state index contributed by atoms with van der Waals surface area (Å²) < 4.78 is 0. The normalized spacial score (nSPS) is 6.76. The molecule has 0 N–H and O–H groups in total. The second-order valence-corrected chi connectivity index (χ2v) is 3.70. The zero-order valence-electron chi connectivity index (χ0n) is 13.7. The van der Waals surface area contributed by atoms with Gasteiger partial charge in [0.05, 0.1) is 0 Å². The molecule has 0 saturated carbocycles. The van der Waals surface area contributed by atoms with Crippen LogP contribution in [0.2, 0.25) is 0 Å². The van der Waals surface area contributed by atoms with Crippen molar-refractivity contribution in [2.45, 2.75) is 93.4 Å². The molecule has 0 saturated heterocycles. The quantitative estimate of drug-likeness (QED) is 0.395. The van der Waals surface area contributed by atoms with E-state index < -0.39 is 0 Å². The van der Waals surface area contributed by atoms with E-state index in [9.17, 15) is 0 Å². The van der Waals surface area contributed by atoms with Crippen LogP contribution in [-0.2, 0) is 0 Å². The van der Waals surface area contributed by atoms with Gasteiger partial charge in [-0.15, -0.1) is 6.58 Å². The second kappa shape index (κ2) is 54.8. The van der Waals surface area contributed by atoms with Crippen molar-refractivity contribution >= 4 is 23.9 Å². The van der Waals surface area contributed by atoms with Gasteiger partial charge in [-0.25, -0.2) is 0 Å². The monoisotopic (exact) mass is 350 g/mol. The Bertz CT molecular complexity index is 54.4. The van der Waals surface area contributed by atoms with Crippen LogP contribution >= 0.6 is 0 Å². The molecule has 0 amide bonds. The first-order valence-electron chi connectivity index (χ1n) is 7.27. The third-order valence-electron chi connectivity index (χ3n) is 1.79. The Hall–Kier alpha value is 0.539. The summed E-state index contributed by atoms with van der Waals surface area (Å²) in [4.78, 5) is 0. The molecule has 0 fully saturated rings. The van der Waals surface area contributed by atoms with Gasteiger partial charge < -0.3 is 0 Å². The Morgan fingerprint density at radius 2 is 0.706 bits per heavy atom. The predicted octanol–water partition coefficient (Wildman–Crippen LogP) is 6.62. The maximum atomic E-state index is 3.48. The van der Waals surface area contributed by atoms with Crippen LogP contribution in [0.15, 0.2) is 12.7 Å². The van der Waals surface area contributed by atoms with E-state index in [1.807, 2.05) is 6.08 Å². The number of allylic oxidation sites excluding steroid dienone is 1. The molecule has 0 aromatic carbocycles. The average Bonchev–Trinajstić information content (AvgIpc) is 2.39. The minimum absolute atomic E-state index is 0. The third kappa shape index (κ3) is 170. The van der Waals surface area contributed by atoms with Crippen LogP contribution in [0.1, 0.15) is 93.4 Å². The molecule has 0 nitrogen and oxygen atoms in total. The fraction of sp³-hybridized carbons (Fsp3) is 0.875. The van der Waals surface area contributed by atoms with E-state index in [-0.39, 0.29) is 23.9 Å². The minimum Gasteiger partial charge on any atom is -0.103 e. The predicted molar refractivity (Wildman–Crippen MR) is 88.0 cm³/mol. The molecule has 0 atom stereocenters. The second-order valence-electron chi connectivity index (χ2n) is 3.70. The molecule has 0 aliphatic heterocycles. The molecule has 0 rings (SSSR count). The van der Waals surface area contributed by atoms with Gasteiger partial charge in [0.1, 0.15) is 0 Å². The van der Waals surface area contributed by atoms with Crippen molar-refractivity contribution in [3.63, 3.8) is 0 Å². The van der Waals surface area contributed by atoms with Gasteiger partial charge in [-0.2, -0.15) is 0 Å². The minimum atomic E-state index is 0. The van der Waals surface area contributed by atoms with Gasteiger partial charge >= 0.3 is 0 Å². The van der Waals surface area contributed by atoms with Crippen LogP contribution in [0.3, 0.4) is 0 Å². The summed E-state index contributed by atoms with van der Waals surface area (Å²) in [7, 11) is 0. The Morgan fingerprint density at radius 3 is 0.706 bits per heavy atom. The van der Waals surface area contributed by atoms with Crippen molar-refractivity contribution in [3.05, 3.63) is 12.7 Å². The Balaban J connectivity index is -0.0000000369. The van der Waals surface area contributed by atoms with Gasteiger partial charge in [0.15, 0.2) is 0 Å². The molecule has 17 heavy (non-hydrogen) atoms. The van der Waals surface area contributed by atoms with Gasteiger partial charge in [0, 0.05) is 23.9 Å². The Labute approximate surface area is 130 Å². The van der Waals surface area contributed by atoms with Crippen LogP contribution in [-0.4, -0.2) is 23.9 Å². The Morgan fingerprint density at radius 1 is 0.588 bits per heavy atom. The topological polar surface area (TPSA) is 0 Å². The van der Waals surface area contributed by atoms with E-state index in [0.29, 0.717) is 0 Å². The van der Waals surface area contributed by atoms with E-state index >= 15 is 0 Å². The molecule has 0 aromatic rings. The Kier molecular flexibility index (Phi) is 98.3. The van der Waals surface area contributed by atoms with Crippen molar-refractivity contribution in [2.24, 2.45) is 0 Å². The van der Waals surface area contributed by atoms with Crippen LogP contribution in [0, 0.1) is 0 Å². The SMILES string of the molecule is C=CCC.CCCC.CCCC.CCCC.[Sn]. The first-order chi connectivity index (χ1) is 7.66. The molecule has 0 unspecified atom stereocenters. The van der Waals surface area contributed by atoms with E-state index in [2.05, 4.69) is 55.0 Å². The largest absolute Gasteiger partial charge is 0.103 e. The van der Waals surface area contributed by atoms with Gasteiger partial charge in [0.25, 0.3) is 0 Å². The summed E-state index contributed by atoms with van der Waals surface area (Å²) in [6.07, 6.45) is 10.9. The van der Waals surface area contributed by atoms with Crippen LogP contribution in [0.5, 0.6) is 0 Å². The number of rotatable bonds is 4. The summed E-state index contributed by atoms with van der Waals surface area (Å²) in [5.74, 6) is 0. The van der Waals surface area contributed by atoms with E-state index in [1.165, 1.54) is 38.5 Å². The molecule has 1 heteroatoms. The fourth-order valence-electron chi connectivity index (χ4n) is 0. The number of hydrogen-bond donors (Lipinski definition) is 0. The molecule has 106 valence electrons. The molecule has 4 radical (unpaired) electrons. The zero-order valence-corrected chi connectivity index (χ0v) is 16.6. The molecule has 0 aromatic heterocycles. The third-order valence-corrected chi connectivity index (χ3v) is 1.79. The van der Waals surface area contributed by atoms with Crippen molar-refractivity contribution in [1.82, 2.24) is 0 Å². The zero-order chi connectivity index (χ0) is 13.7. The molecule has 0 heterocycles. The average molecular weight is 349 g/mol. The smallest absolute Gasteiger partial charge is 0 e. The van der Waals surface area contributed by atoms with E-state index in [4.69, 9.17) is 0 Å².